The highest BCUT2D eigenvalue weighted by molar-refractivity contribution is 5.97. The SMILES string of the molecule is O=C(CNC(=O)c1ccc(F)cc1)N/N=C/c1ccc(OC(=O)c2ccccc2)cc1OC(=O)c1ccccc1. The second-order valence-electron chi connectivity index (χ2n) is 8.19. The number of nitrogens with one attached hydrogen (secondary N) is 2. The minimum absolute atomic E-state index is 0.0230. The predicted octanol–water partition coefficient (Wildman–Crippen LogP) is 4.14. The molecule has 0 radical (unpaired) electrons. The van der Waals surface area contributed by atoms with Crippen LogP contribution in [0.15, 0.2) is 108 Å². The minimum Gasteiger partial charge on any atom is -0.423 e. The van der Waals surface area contributed by atoms with Crippen molar-refractivity contribution in [3.63, 3.8) is 0 Å². The molecular formula is C30H22FN3O6. The monoisotopic (exact) mass is 539 g/mol. The largest absolute Gasteiger partial charge is 0.423 e. The third kappa shape index (κ3) is 7.68. The summed E-state index contributed by atoms with van der Waals surface area (Å²) in [5.41, 5.74) is 3.37. The number of amides is 2. The fraction of sp³-hybridized carbons (Fsp3) is 0.0333. The number of rotatable bonds is 9. The van der Waals surface area contributed by atoms with E-state index in [1.807, 2.05) is 0 Å². The number of halogens is 1. The summed E-state index contributed by atoms with van der Waals surface area (Å²) in [4.78, 5) is 49.4. The molecule has 4 rings (SSSR count). The molecule has 0 saturated carbocycles. The number of nitrogens with zero attached hydrogens (tertiary/aromatic N) is 1. The summed E-state index contributed by atoms with van der Waals surface area (Å²) in [6, 6.07) is 25.8. The van der Waals surface area contributed by atoms with Crippen LogP contribution < -0.4 is 20.2 Å². The zero-order chi connectivity index (χ0) is 28.3. The van der Waals surface area contributed by atoms with Crippen LogP contribution in [0.5, 0.6) is 11.5 Å². The van der Waals surface area contributed by atoms with E-state index in [4.69, 9.17) is 9.47 Å². The van der Waals surface area contributed by atoms with Crippen molar-refractivity contribution in [1.29, 1.82) is 0 Å². The number of benzene rings is 4. The molecule has 200 valence electrons. The first-order valence-electron chi connectivity index (χ1n) is 11.9. The van der Waals surface area contributed by atoms with Gasteiger partial charge in [0.15, 0.2) is 0 Å². The third-order valence-electron chi connectivity index (χ3n) is 5.33. The standard InChI is InChI=1S/C30H22FN3O6/c31-24-14-11-20(12-15-24)28(36)32-19-27(35)34-33-18-23-13-16-25(39-29(37)21-7-3-1-4-8-21)17-26(23)40-30(38)22-9-5-2-6-10-22/h1-18H,19H2,(H,32,36)(H,34,35)/b33-18+. The molecule has 0 saturated heterocycles. The van der Waals surface area contributed by atoms with Crippen molar-refractivity contribution in [3.05, 3.63) is 131 Å². The van der Waals surface area contributed by atoms with E-state index in [2.05, 4.69) is 15.8 Å². The Hall–Kier alpha value is -5.64. The number of carbonyl (C=O) groups excluding carboxylic acids is 4. The minimum atomic E-state index is -0.658. The van der Waals surface area contributed by atoms with E-state index in [9.17, 15) is 23.6 Å². The highest BCUT2D eigenvalue weighted by Gasteiger charge is 2.15. The van der Waals surface area contributed by atoms with Crippen LogP contribution in [0.4, 0.5) is 4.39 Å². The molecule has 0 spiro atoms. The van der Waals surface area contributed by atoms with Gasteiger partial charge >= 0.3 is 11.9 Å². The van der Waals surface area contributed by atoms with Crippen molar-refractivity contribution in [2.45, 2.75) is 0 Å². The molecule has 0 heterocycles. The van der Waals surface area contributed by atoms with Crippen LogP contribution in [0.1, 0.15) is 36.6 Å². The Morgan fingerprint density at radius 1 is 0.725 bits per heavy atom. The van der Waals surface area contributed by atoms with Gasteiger partial charge in [-0.3, -0.25) is 9.59 Å². The van der Waals surface area contributed by atoms with Gasteiger partial charge in [0, 0.05) is 17.2 Å². The third-order valence-corrected chi connectivity index (χ3v) is 5.33. The average molecular weight is 540 g/mol. The van der Waals surface area contributed by atoms with Crippen molar-refractivity contribution in [3.8, 4) is 11.5 Å². The van der Waals surface area contributed by atoms with Crippen molar-refractivity contribution in [1.82, 2.24) is 10.7 Å². The molecule has 40 heavy (non-hydrogen) atoms. The molecule has 4 aromatic rings. The maximum atomic E-state index is 13.0. The molecule has 0 fully saturated rings. The van der Waals surface area contributed by atoms with Gasteiger partial charge in [-0.1, -0.05) is 36.4 Å². The van der Waals surface area contributed by atoms with E-state index in [1.165, 1.54) is 36.5 Å². The molecule has 0 atom stereocenters. The van der Waals surface area contributed by atoms with Gasteiger partial charge < -0.3 is 14.8 Å². The Bertz CT molecular complexity index is 1540. The maximum Gasteiger partial charge on any atom is 0.343 e. The molecule has 0 unspecified atom stereocenters. The first-order valence-corrected chi connectivity index (χ1v) is 11.9. The molecule has 9 nitrogen and oxygen atoms in total. The van der Waals surface area contributed by atoms with Crippen LogP contribution in [0, 0.1) is 5.82 Å². The zero-order valence-corrected chi connectivity index (χ0v) is 20.9. The molecule has 2 N–H and O–H groups in total. The highest BCUT2D eigenvalue weighted by atomic mass is 19.1. The summed E-state index contributed by atoms with van der Waals surface area (Å²) in [6.45, 7) is -0.391. The Balaban J connectivity index is 1.44. The van der Waals surface area contributed by atoms with E-state index in [-0.39, 0.29) is 17.1 Å². The quantitative estimate of drug-likeness (QED) is 0.143. The van der Waals surface area contributed by atoms with Crippen molar-refractivity contribution in [2.24, 2.45) is 5.10 Å². The summed E-state index contributed by atoms with van der Waals surface area (Å²) < 4.78 is 24.0. The molecule has 0 aliphatic heterocycles. The number of hydrogen-bond acceptors (Lipinski definition) is 7. The Morgan fingerprint density at radius 3 is 1.95 bits per heavy atom. The lowest BCUT2D eigenvalue weighted by Gasteiger charge is -2.10. The van der Waals surface area contributed by atoms with Crippen molar-refractivity contribution in [2.75, 3.05) is 6.54 Å². The number of ether oxygens (including phenoxy) is 2. The summed E-state index contributed by atoms with van der Waals surface area (Å²) in [6.07, 6.45) is 1.23. The van der Waals surface area contributed by atoms with Gasteiger partial charge in [-0.2, -0.15) is 5.10 Å². The van der Waals surface area contributed by atoms with Crippen LogP contribution >= 0.6 is 0 Å². The zero-order valence-electron chi connectivity index (χ0n) is 20.9. The van der Waals surface area contributed by atoms with Gasteiger partial charge in [-0.25, -0.2) is 19.4 Å². The normalized spacial score (nSPS) is 10.5. The predicted molar refractivity (Wildman–Crippen MR) is 144 cm³/mol. The number of hydrazone groups is 1. The second-order valence-corrected chi connectivity index (χ2v) is 8.19. The molecular weight excluding hydrogens is 517 g/mol. The van der Waals surface area contributed by atoms with Crippen LogP contribution in [0.2, 0.25) is 0 Å². The Kier molecular flexibility index (Phi) is 9.07. The van der Waals surface area contributed by atoms with E-state index in [0.29, 0.717) is 16.7 Å². The molecule has 0 aromatic heterocycles. The van der Waals surface area contributed by atoms with E-state index < -0.39 is 36.1 Å². The fourth-order valence-corrected chi connectivity index (χ4v) is 3.32. The second kappa shape index (κ2) is 13.2. The van der Waals surface area contributed by atoms with Gasteiger partial charge in [-0.15, -0.1) is 0 Å². The number of carbonyl (C=O) groups is 4. The maximum absolute atomic E-state index is 13.0. The van der Waals surface area contributed by atoms with Crippen LogP contribution in [0.3, 0.4) is 0 Å². The highest BCUT2D eigenvalue weighted by Crippen LogP contribution is 2.25. The molecule has 10 heteroatoms. The van der Waals surface area contributed by atoms with E-state index >= 15 is 0 Å². The smallest absolute Gasteiger partial charge is 0.343 e. The molecule has 0 bridgehead atoms. The fourth-order valence-electron chi connectivity index (χ4n) is 3.32. The molecule has 2 amide bonds. The average Bonchev–Trinajstić information content (AvgIpc) is 2.98. The van der Waals surface area contributed by atoms with Gasteiger partial charge in [-0.05, 0) is 60.7 Å². The van der Waals surface area contributed by atoms with Crippen molar-refractivity contribution < 1.29 is 33.0 Å². The number of esters is 2. The number of hydrogen-bond donors (Lipinski definition) is 2. The topological polar surface area (TPSA) is 123 Å². The molecule has 4 aromatic carbocycles. The van der Waals surface area contributed by atoms with Crippen LogP contribution in [-0.4, -0.2) is 36.5 Å². The lowest BCUT2D eigenvalue weighted by molar-refractivity contribution is -0.120. The molecule has 0 aliphatic carbocycles. The van der Waals surface area contributed by atoms with Gasteiger partial charge in [0.05, 0.1) is 23.9 Å². The summed E-state index contributed by atoms with van der Waals surface area (Å²) in [5.74, 6) is -2.80. The van der Waals surface area contributed by atoms with Gasteiger partial charge in [0.2, 0.25) is 0 Å². The summed E-state index contributed by atoms with van der Waals surface area (Å²) in [7, 11) is 0. The van der Waals surface area contributed by atoms with Crippen LogP contribution in [0.25, 0.3) is 0 Å². The summed E-state index contributed by atoms with van der Waals surface area (Å²) in [5, 5.41) is 6.25. The first kappa shape index (κ1) is 27.4. The van der Waals surface area contributed by atoms with E-state index in [0.717, 1.165) is 12.1 Å². The Morgan fingerprint density at radius 2 is 1.32 bits per heavy atom. The van der Waals surface area contributed by atoms with Gasteiger partial charge in [0.25, 0.3) is 11.8 Å². The van der Waals surface area contributed by atoms with Gasteiger partial charge in [0.1, 0.15) is 17.3 Å². The molecule has 0 aliphatic rings. The Labute approximate surface area is 228 Å². The van der Waals surface area contributed by atoms with E-state index in [1.54, 1.807) is 60.7 Å². The lowest BCUT2D eigenvalue weighted by Crippen LogP contribution is -2.34. The lowest BCUT2D eigenvalue weighted by atomic mass is 10.2. The first-order chi connectivity index (χ1) is 19.4. The van der Waals surface area contributed by atoms with Crippen molar-refractivity contribution >= 4 is 30.0 Å². The summed E-state index contributed by atoms with van der Waals surface area (Å²) >= 11 is 0. The van der Waals surface area contributed by atoms with Crippen LogP contribution in [-0.2, 0) is 4.79 Å².